The topological polar surface area (TPSA) is 38.8 Å². The molecular formula is C28H46O3Si. The molecule has 5 aliphatic rings. The molecule has 3 saturated carbocycles. The first-order chi connectivity index (χ1) is 14.8. The third-order valence-corrected chi connectivity index (χ3v) is 16.0. The zero-order valence-corrected chi connectivity index (χ0v) is 22.8. The van der Waals surface area contributed by atoms with E-state index in [9.17, 15) is 4.79 Å². The van der Waals surface area contributed by atoms with Gasteiger partial charge in [0.2, 0.25) is 0 Å². The van der Waals surface area contributed by atoms with Crippen molar-refractivity contribution in [2.24, 2.45) is 40.4 Å². The average Bonchev–Trinajstić information content (AvgIpc) is 3.41. The minimum atomic E-state index is -1.71. The Hall–Kier alpha value is -0.453. The lowest BCUT2D eigenvalue weighted by molar-refractivity contribution is -0.117. The average molecular weight is 459 g/mol. The molecule has 180 valence electrons. The number of fused-ring (bicyclic) bond motifs is 8. The standard InChI is InChI=1S/C28H46O3Si/c1-17(16-30-32(7,8)26(2,3)4)19-9-10-20-23-21(12-14-27(19,20)5)28(6)13-11-18(29)15-22(28)24-25(23)31-24/h15,17,19-21,23-25H,9-14,16H2,1-8H3/t17-,19-,20+,21+,23+,24-,25+,27-,28-/m1/s1. The second kappa shape index (κ2) is 7.27. The van der Waals surface area contributed by atoms with E-state index in [1.165, 1.54) is 31.3 Å². The van der Waals surface area contributed by atoms with E-state index in [1.54, 1.807) is 0 Å². The third-order valence-electron chi connectivity index (χ3n) is 11.5. The van der Waals surface area contributed by atoms with Gasteiger partial charge in [-0.2, -0.15) is 0 Å². The minimum Gasteiger partial charge on any atom is -0.417 e. The molecule has 1 aliphatic heterocycles. The second-order valence-corrected chi connectivity index (χ2v) is 18.9. The van der Waals surface area contributed by atoms with Crippen molar-refractivity contribution in [1.82, 2.24) is 0 Å². The molecule has 0 aromatic rings. The molecule has 0 radical (unpaired) electrons. The van der Waals surface area contributed by atoms with Gasteiger partial charge in [-0.25, -0.2) is 0 Å². The number of carbonyl (C=O) groups excluding carboxylic acids is 1. The summed E-state index contributed by atoms with van der Waals surface area (Å²) < 4.78 is 13.1. The van der Waals surface area contributed by atoms with E-state index in [-0.39, 0.29) is 16.6 Å². The molecule has 0 aromatic carbocycles. The van der Waals surface area contributed by atoms with Gasteiger partial charge >= 0.3 is 0 Å². The van der Waals surface area contributed by atoms with Crippen LogP contribution in [0.15, 0.2) is 11.6 Å². The normalized spacial score (nSPS) is 46.5. The van der Waals surface area contributed by atoms with E-state index < -0.39 is 8.32 Å². The number of ketones is 1. The lowest BCUT2D eigenvalue weighted by Crippen LogP contribution is -2.54. The Balaban J connectivity index is 1.35. The summed E-state index contributed by atoms with van der Waals surface area (Å²) in [5, 5.41) is 0.273. The van der Waals surface area contributed by atoms with Gasteiger partial charge in [-0.1, -0.05) is 41.5 Å². The molecule has 0 aromatic heterocycles. The molecule has 4 aliphatic carbocycles. The van der Waals surface area contributed by atoms with Crippen LogP contribution in [0.5, 0.6) is 0 Å². The van der Waals surface area contributed by atoms with Crippen LogP contribution in [0.1, 0.15) is 80.1 Å². The Labute approximate surface area is 197 Å². The van der Waals surface area contributed by atoms with Gasteiger partial charge < -0.3 is 9.16 Å². The number of ether oxygens (including phenoxy) is 1. The molecule has 0 spiro atoms. The molecule has 0 bridgehead atoms. The molecule has 4 fully saturated rings. The fraction of sp³-hybridized carbons (Fsp3) is 0.893. The van der Waals surface area contributed by atoms with E-state index in [1.807, 2.05) is 6.08 Å². The van der Waals surface area contributed by atoms with Crippen molar-refractivity contribution in [3.63, 3.8) is 0 Å². The molecule has 1 heterocycles. The van der Waals surface area contributed by atoms with Crippen LogP contribution in [-0.4, -0.2) is 32.9 Å². The maximum atomic E-state index is 12.2. The van der Waals surface area contributed by atoms with Gasteiger partial charge in [-0.05, 0) is 102 Å². The first-order valence-electron chi connectivity index (χ1n) is 13.3. The van der Waals surface area contributed by atoms with Crippen LogP contribution in [-0.2, 0) is 14.0 Å². The molecule has 1 saturated heterocycles. The number of hydrogen-bond donors (Lipinski definition) is 0. The Morgan fingerprint density at radius 1 is 1.16 bits per heavy atom. The second-order valence-electron chi connectivity index (χ2n) is 14.1. The molecule has 0 amide bonds. The number of hydrogen-bond acceptors (Lipinski definition) is 3. The Bertz CT molecular complexity index is 825. The van der Waals surface area contributed by atoms with Crippen molar-refractivity contribution in [3.8, 4) is 0 Å². The van der Waals surface area contributed by atoms with Gasteiger partial charge in [-0.3, -0.25) is 4.79 Å². The van der Waals surface area contributed by atoms with Crippen LogP contribution < -0.4 is 0 Å². The largest absolute Gasteiger partial charge is 0.417 e. The highest BCUT2D eigenvalue weighted by molar-refractivity contribution is 6.74. The third kappa shape index (κ3) is 3.29. The van der Waals surface area contributed by atoms with Gasteiger partial charge in [0, 0.05) is 13.0 Å². The van der Waals surface area contributed by atoms with E-state index in [0.29, 0.717) is 35.1 Å². The molecule has 0 N–H and O–H groups in total. The summed E-state index contributed by atoms with van der Waals surface area (Å²) in [6.07, 6.45) is 9.71. The summed E-state index contributed by atoms with van der Waals surface area (Å²) in [7, 11) is -1.71. The van der Waals surface area contributed by atoms with Crippen LogP contribution in [0.4, 0.5) is 0 Å². The zero-order chi connectivity index (χ0) is 23.3. The highest BCUT2D eigenvalue weighted by Crippen LogP contribution is 2.70. The molecule has 9 atom stereocenters. The maximum absolute atomic E-state index is 12.2. The van der Waals surface area contributed by atoms with Crippen molar-refractivity contribution in [1.29, 1.82) is 0 Å². The van der Waals surface area contributed by atoms with Gasteiger partial charge in [-0.15, -0.1) is 0 Å². The van der Waals surface area contributed by atoms with Crippen molar-refractivity contribution in [2.75, 3.05) is 6.61 Å². The van der Waals surface area contributed by atoms with Crippen LogP contribution in [0.25, 0.3) is 0 Å². The highest BCUT2D eigenvalue weighted by atomic mass is 28.4. The Morgan fingerprint density at radius 2 is 1.88 bits per heavy atom. The summed E-state index contributed by atoms with van der Waals surface area (Å²) in [6.45, 7) is 20.3. The minimum absolute atomic E-state index is 0.187. The highest BCUT2D eigenvalue weighted by Gasteiger charge is 2.69. The van der Waals surface area contributed by atoms with Crippen molar-refractivity contribution in [2.45, 2.75) is 110 Å². The van der Waals surface area contributed by atoms with Gasteiger partial charge in [0.05, 0.1) is 6.10 Å². The van der Waals surface area contributed by atoms with Gasteiger partial charge in [0.1, 0.15) is 6.10 Å². The molecule has 3 nitrogen and oxygen atoms in total. The van der Waals surface area contributed by atoms with Crippen molar-refractivity contribution in [3.05, 3.63) is 11.6 Å². The van der Waals surface area contributed by atoms with E-state index in [0.717, 1.165) is 31.3 Å². The zero-order valence-electron chi connectivity index (χ0n) is 21.8. The summed E-state index contributed by atoms with van der Waals surface area (Å²) in [5.74, 6) is 3.85. The first-order valence-corrected chi connectivity index (χ1v) is 16.2. The van der Waals surface area contributed by atoms with E-state index in [4.69, 9.17) is 9.16 Å². The van der Waals surface area contributed by atoms with Crippen LogP contribution in [0, 0.1) is 40.4 Å². The quantitative estimate of drug-likeness (QED) is 0.344. The van der Waals surface area contributed by atoms with Crippen molar-refractivity contribution >= 4 is 14.1 Å². The Kier molecular flexibility index (Phi) is 5.30. The van der Waals surface area contributed by atoms with E-state index >= 15 is 0 Å². The molecule has 4 heteroatoms. The smallest absolute Gasteiger partial charge is 0.191 e. The lowest BCUT2D eigenvalue weighted by Gasteiger charge is -2.57. The summed E-state index contributed by atoms with van der Waals surface area (Å²) in [4.78, 5) is 12.2. The number of epoxide rings is 1. The van der Waals surface area contributed by atoms with Crippen molar-refractivity contribution < 1.29 is 14.0 Å². The summed E-state index contributed by atoms with van der Waals surface area (Å²) >= 11 is 0. The SMILES string of the molecule is C[C@H](CO[Si](C)(C)C(C)(C)C)[C@H]1CC[C@H]2[C@@H]3[C@@H]4O[C@@H]4C4=CC(=O)CC[C@]4(C)[C@H]3CC[C@]12C. The lowest BCUT2D eigenvalue weighted by atomic mass is 9.46. The fourth-order valence-corrected chi connectivity index (χ4v) is 9.57. The summed E-state index contributed by atoms with van der Waals surface area (Å²) in [5.41, 5.74) is 1.96. The number of rotatable bonds is 4. The summed E-state index contributed by atoms with van der Waals surface area (Å²) in [6, 6.07) is 0. The van der Waals surface area contributed by atoms with Crippen LogP contribution in [0.3, 0.4) is 0 Å². The van der Waals surface area contributed by atoms with E-state index in [2.05, 4.69) is 54.6 Å². The number of carbonyl (C=O) groups is 1. The van der Waals surface area contributed by atoms with Gasteiger partial charge in [0.25, 0.3) is 0 Å². The Morgan fingerprint density at radius 3 is 2.56 bits per heavy atom. The first kappa shape index (κ1) is 23.3. The monoisotopic (exact) mass is 458 g/mol. The predicted octanol–water partition coefficient (Wildman–Crippen LogP) is 6.78. The molecule has 5 rings (SSSR count). The van der Waals surface area contributed by atoms with Crippen LogP contribution in [0.2, 0.25) is 18.1 Å². The molecule has 32 heavy (non-hydrogen) atoms. The van der Waals surface area contributed by atoms with Gasteiger partial charge in [0.15, 0.2) is 14.1 Å². The van der Waals surface area contributed by atoms with Crippen LogP contribution >= 0.6 is 0 Å². The maximum Gasteiger partial charge on any atom is 0.191 e. The molecule has 0 unspecified atom stereocenters. The fourth-order valence-electron chi connectivity index (χ4n) is 8.46. The molecular weight excluding hydrogens is 412 g/mol. The predicted molar refractivity (Wildman–Crippen MR) is 132 cm³/mol.